The highest BCUT2D eigenvalue weighted by atomic mass is 79.9. The zero-order valence-electron chi connectivity index (χ0n) is 14.7. The number of hydrogen-bond acceptors (Lipinski definition) is 6. The van der Waals surface area contributed by atoms with Crippen molar-refractivity contribution in [2.75, 3.05) is 19.5 Å². The summed E-state index contributed by atoms with van der Waals surface area (Å²) < 4.78 is 11.4. The van der Waals surface area contributed by atoms with Crippen molar-refractivity contribution in [2.45, 2.75) is 6.61 Å². The Labute approximate surface area is 164 Å². The number of ether oxygens (including phenoxy) is 2. The van der Waals surface area contributed by atoms with E-state index in [9.17, 15) is 9.90 Å². The van der Waals surface area contributed by atoms with Crippen LogP contribution in [0.4, 0.5) is 11.4 Å². The molecule has 3 rings (SSSR count). The van der Waals surface area contributed by atoms with Crippen molar-refractivity contribution < 1.29 is 19.4 Å². The number of carbonyl (C=O) groups is 1. The van der Waals surface area contributed by atoms with Gasteiger partial charge in [-0.1, -0.05) is 12.1 Å². The molecule has 0 aliphatic rings. The summed E-state index contributed by atoms with van der Waals surface area (Å²) in [7, 11) is 3.07. The number of amides is 1. The molecule has 0 bridgehead atoms. The lowest BCUT2D eigenvalue weighted by atomic mass is 10.1. The van der Waals surface area contributed by atoms with Crippen molar-refractivity contribution >= 4 is 44.1 Å². The second kappa shape index (κ2) is 7.81. The molecule has 0 aliphatic heterocycles. The van der Waals surface area contributed by atoms with Crippen LogP contribution in [0.2, 0.25) is 0 Å². The molecular weight excluding hydrogens is 414 g/mol. The van der Waals surface area contributed by atoms with Gasteiger partial charge in [0.2, 0.25) is 0 Å². The third kappa shape index (κ3) is 3.54. The quantitative estimate of drug-likeness (QED) is 0.552. The van der Waals surface area contributed by atoms with Crippen molar-refractivity contribution in [1.82, 2.24) is 4.98 Å². The van der Waals surface area contributed by atoms with Crippen LogP contribution in [0.5, 0.6) is 11.5 Å². The molecule has 0 fully saturated rings. The Morgan fingerprint density at radius 3 is 2.59 bits per heavy atom. The van der Waals surface area contributed by atoms with Crippen LogP contribution in [-0.4, -0.2) is 30.2 Å². The van der Waals surface area contributed by atoms with Gasteiger partial charge in [0, 0.05) is 22.1 Å². The summed E-state index contributed by atoms with van der Waals surface area (Å²) in [5, 5.41) is 13.4. The first-order chi connectivity index (χ1) is 13.0. The Bertz CT molecular complexity index is 1020. The third-order valence-electron chi connectivity index (χ3n) is 4.15. The van der Waals surface area contributed by atoms with Crippen molar-refractivity contribution in [2.24, 2.45) is 5.73 Å². The van der Waals surface area contributed by atoms with Gasteiger partial charge >= 0.3 is 0 Å². The van der Waals surface area contributed by atoms with E-state index >= 15 is 0 Å². The molecule has 1 heterocycles. The van der Waals surface area contributed by atoms with Gasteiger partial charge < -0.3 is 25.6 Å². The fraction of sp³-hybridized carbons (Fsp3) is 0.158. The van der Waals surface area contributed by atoms with Crippen molar-refractivity contribution in [3.63, 3.8) is 0 Å². The van der Waals surface area contributed by atoms with E-state index in [0.29, 0.717) is 43.8 Å². The molecule has 0 atom stereocenters. The number of halogens is 1. The third-order valence-corrected chi connectivity index (χ3v) is 5.08. The Hall–Kier alpha value is -2.84. The number of rotatable bonds is 6. The molecular formula is C19H18BrN3O4. The molecule has 0 unspecified atom stereocenters. The number of aliphatic hydroxyl groups is 1. The van der Waals surface area contributed by atoms with Crippen LogP contribution in [0, 0.1) is 0 Å². The highest BCUT2D eigenvalue weighted by Gasteiger charge is 2.18. The van der Waals surface area contributed by atoms with E-state index in [4.69, 9.17) is 15.2 Å². The van der Waals surface area contributed by atoms with Crippen molar-refractivity contribution in [3.8, 4) is 11.5 Å². The van der Waals surface area contributed by atoms with Crippen LogP contribution >= 0.6 is 15.9 Å². The van der Waals surface area contributed by atoms with Gasteiger partial charge in [-0.05, 0) is 33.6 Å². The number of aromatic nitrogens is 1. The molecule has 0 aliphatic carbocycles. The van der Waals surface area contributed by atoms with Crippen molar-refractivity contribution in [1.29, 1.82) is 0 Å². The average molecular weight is 432 g/mol. The first-order valence-corrected chi connectivity index (χ1v) is 8.79. The Morgan fingerprint density at radius 2 is 1.96 bits per heavy atom. The summed E-state index contributed by atoms with van der Waals surface area (Å²) in [6, 6.07) is 8.88. The number of benzene rings is 2. The van der Waals surface area contributed by atoms with E-state index in [1.165, 1.54) is 20.4 Å². The monoisotopic (exact) mass is 431 g/mol. The molecule has 1 amide bonds. The fourth-order valence-corrected chi connectivity index (χ4v) is 3.26. The summed E-state index contributed by atoms with van der Waals surface area (Å²) in [6.07, 6.45) is 1.42. The molecule has 1 aromatic heterocycles. The number of pyridine rings is 1. The summed E-state index contributed by atoms with van der Waals surface area (Å²) in [4.78, 5) is 16.3. The number of nitrogens with two attached hydrogens (primary N) is 1. The maximum absolute atomic E-state index is 12.0. The van der Waals surface area contributed by atoms with Crippen LogP contribution in [0.15, 0.2) is 41.0 Å². The predicted octanol–water partition coefficient (Wildman–Crippen LogP) is 3.35. The van der Waals surface area contributed by atoms with E-state index < -0.39 is 5.91 Å². The molecule has 0 spiro atoms. The maximum atomic E-state index is 12.0. The summed E-state index contributed by atoms with van der Waals surface area (Å²) >= 11 is 3.48. The van der Waals surface area contributed by atoms with Gasteiger partial charge in [0.05, 0.1) is 43.3 Å². The van der Waals surface area contributed by atoms with E-state index in [0.717, 1.165) is 0 Å². The lowest BCUT2D eigenvalue weighted by Crippen LogP contribution is -2.14. The lowest BCUT2D eigenvalue weighted by Gasteiger charge is -2.17. The molecule has 27 heavy (non-hydrogen) atoms. The number of hydrogen-bond donors (Lipinski definition) is 3. The van der Waals surface area contributed by atoms with Gasteiger partial charge in [-0.2, -0.15) is 0 Å². The van der Waals surface area contributed by atoms with E-state index in [1.807, 2.05) is 6.07 Å². The number of nitrogens with zero attached hydrogens (tertiary/aromatic N) is 1. The standard InChI is InChI=1S/C19H18BrN3O4/c1-26-15-6-11-14(7-16(15)27-2)22-8-12(19(21)25)18(11)23-13-5-3-4-10(9-24)17(13)20/h3-8,24H,9H2,1-2H3,(H2,21,25)(H,22,23). The molecule has 7 nitrogen and oxygen atoms in total. The maximum Gasteiger partial charge on any atom is 0.252 e. The first kappa shape index (κ1) is 18.9. The number of nitrogens with one attached hydrogen (secondary N) is 1. The first-order valence-electron chi connectivity index (χ1n) is 8.00. The van der Waals surface area contributed by atoms with E-state index in [1.54, 1.807) is 24.3 Å². The normalized spacial score (nSPS) is 10.7. The number of anilines is 2. The summed E-state index contributed by atoms with van der Waals surface area (Å²) in [5.41, 5.74) is 8.26. The molecule has 140 valence electrons. The van der Waals surface area contributed by atoms with Crippen LogP contribution in [0.1, 0.15) is 15.9 Å². The molecule has 0 saturated heterocycles. The summed E-state index contributed by atoms with van der Waals surface area (Å²) in [5.74, 6) is 0.412. The van der Waals surface area contributed by atoms with Gasteiger partial charge in [-0.25, -0.2) is 0 Å². The number of aliphatic hydroxyl groups excluding tert-OH is 1. The van der Waals surface area contributed by atoms with Gasteiger partial charge in [-0.3, -0.25) is 9.78 Å². The zero-order chi connectivity index (χ0) is 19.6. The molecule has 4 N–H and O–H groups in total. The van der Waals surface area contributed by atoms with Gasteiger partial charge in [-0.15, -0.1) is 0 Å². The van der Waals surface area contributed by atoms with Crippen molar-refractivity contribution in [3.05, 3.63) is 52.1 Å². The SMILES string of the molecule is COc1cc2ncc(C(N)=O)c(Nc3cccc(CO)c3Br)c2cc1OC. The number of carbonyl (C=O) groups excluding carboxylic acids is 1. The second-order valence-electron chi connectivity index (χ2n) is 5.70. The number of methoxy groups -OCH3 is 2. The summed E-state index contributed by atoms with van der Waals surface area (Å²) in [6.45, 7) is -0.124. The molecule has 0 radical (unpaired) electrons. The Balaban J connectivity index is 2.25. The molecule has 2 aromatic carbocycles. The van der Waals surface area contributed by atoms with Gasteiger partial charge in [0.15, 0.2) is 11.5 Å². The van der Waals surface area contributed by atoms with Crippen LogP contribution < -0.4 is 20.5 Å². The van der Waals surface area contributed by atoms with Crippen LogP contribution in [0.3, 0.4) is 0 Å². The van der Waals surface area contributed by atoms with Crippen LogP contribution in [-0.2, 0) is 6.61 Å². The second-order valence-corrected chi connectivity index (χ2v) is 6.49. The minimum Gasteiger partial charge on any atom is -0.493 e. The van der Waals surface area contributed by atoms with E-state index in [2.05, 4.69) is 26.2 Å². The minimum atomic E-state index is -0.615. The van der Waals surface area contributed by atoms with Crippen LogP contribution in [0.25, 0.3) is 10.9 Å². The lowest BCUT2D eigenvalue weighted by molar-refractivity contribution is 0.100. The Morgan fingerprint density at radius 1 is 1.26 bits per heavy atom. The largest absolute Gasteiger partial charge is 0.493 e. The highest BCUT2D eigenvalue weighted by Crippen LogP contribution is 2.38. The Kier molecular flexibility index (Phi) is 5.48. The number of primary amides is 1. The molecule has 3 aromatic rings. The van der Waals surface area contributed by atoms with Gasteiger partial charge in [0.25, 0.3) is 5.91 Å². The predicted molar refractivity (Wildman–Crippen MR) is 107 cm³/mol. The number of fused-ring (bicyclic) bond motifs is 1. The minimum absolute atomic E-state index is 0.124. The molecule has 0 saturated carbocycles. The average Bonchev–Trinajstić information content (AvgIpc) is 2.68. The zero-order valence-corrected chi connectivity index (χ0v) is 16.3. The van der Waals surface area contributed by atoms with E-state index in [-0.39, 0.29) is 12.2 Å². The molecule has 8 heteroatoms. The van der Waals surface area contributed by atoms with Gasteiger partial charge in [0.1, 0.15) is 0 Å². The smallest absolute Gasteiger partial charge is 0.252 e. The highest BCUT2D eigenvalue weighted by molar-refractivity contribution is 9.10. The fourth-order valence-electron chi connectivity index (χ4n) is 2.77. The topological polar surface area (TPSA) is 107 Å².